The molecule has 0 N–H and O–H groups in total. The van der Waals surface area contributed by atoms with Crippen molar-refractivity contribution in [2.75, 3.05) is 24.6 Å². The molecule has 19 heavy (non-hydrogen) atoms. The SMILES string of the molecule is CC.CCCOC1CCN(c2cc(C)ccn2)CC1. The highest BCUT2D eigenvalue weighted by molar-refractivity contribution is 5.40. The average molecular weight is 264 g/mol. The van der Waals surface area contributed by atoms with Crippen LogP contribution in [0, 0.1) is 6.92 Å². The summed E-state index contributed by atoms with van der Waals surface area (Å²) in [5, 5.41) is 0. The minimum absolute atomic E-state index is 0.455. The zero-order valence-electron chi connectivity index (χ0n) is 12.9. The first-order valence-corrected chi connectivity index (χ1v) is 7.59. The molecule has 1 aliphatic heterocycles. The molecule has 2 rings (SSSR count). The summed E-state index contributed by atoms with van der Waals surface area (Å²) < 4.78 is 5.79. The van der Waals surface area contributed by atoms with Gasteiger partial charge in [0.15, 0.2) is 0 Å². The summed E-state index contributed by atoms with van der Waals surface area (Å²) in [6.07, 6.45) is 5.70. The van der Waals surface area contributed by atoms with E-state index in [0.717, 1.165) is 44.8 Å². The van der Waals surface area contributed by atoms with Gasteiger partial charge in [-0.2, -0.15) is 0 Å². The van der Waals surface area contributed by atoms with E-state index in [9.17, 15) is 0 Å². The molecule has 1 fully saturated rings. The number of nitrogens with zero attached hydrogens (tertiary/aromatic N) is 2. The summed E-state index contributed by atoms with van der Waals surface area (Å²) in [7, 11) is 0. The quantitative estimate of drug-likeness (QED) is 0.827. The Balaban J connectivity index is 0.000000861. The molecule has 108 valence electrons. The number of aromatic nitrogens is 1. The topological polar surface area (TPSA) is 25.4 Å². The highest BCUT2D eigenvalue weighted by atomic mass is 16.5. The molecule has 1 aromatic heterocycles. The van der Waals surface area contributed by atoms with Crippen molar-refractivity contribution in [2.24, 2.45) is 0 Å². The minimum atomic E-state index is 0.455. The summed E-state index contributed by atoms with van der Waals surface area (Å²) in [6.45, 7) is 11.3. The van der Waals surface area contributed by atoms with Crippen molar-refractivity contribution >= 4 is 5.82 Å². The second-order valence-electron chi connectivity index (χ2n) is 4.75. The van der Waals surface area contributed by atoms with Crippen LogP contribution in [0.25, 0.3) is 0 Å². The van der Waals surface area contributed by atoms with Crippen LogP contribution in [0.1, 0.15) is 45.6 Å². The molecule has 1 aromatic rings. The van der Waals surface area contributed by atoms with Crippen molar-refractivity contribution in [3.05, 3.63) is 23.9 Å². The zero-order chi connectivity index (χ0) is 14.1. The maximum absolute atomic E-state index is 5.79. The van der Waals surface area contributed by atoms with E-state index in [1.807, 2.05) is 26.1 Å². The highest BCUT2D eigenvalue weighted by Gasteiger charge is 2.20. The number of aryl methyl sites for hydroxylation is 1. The number of rotatable bonds is 4. The van der Waals surface area contributed by atoms with E-state index >= 15 is 0 Å². The van der Waals surface area contributed by atoms with Gasteiger partial charge in [0.05, 0.1) is 6.10 Å². The smallest absolute Gasteiger partial charge is 0.128 e. The van der Waals surface area contributed by atoms with Crippen LogP contribution in [0.15, 0.2) is 18.3 Å². The summed E-state index contributed by atoms with van der Waals surface area (Å²) in [5.41, 5.74) is 1.28. The molecule has 0 unspecified atom stereocenters. The predicted molar refractivity (Wildman–Crippen MR) is 81.8 cm³/mol. The molecule has 0 aliphatic carbocycles. The Labute approximate surface area is 118 Å². The fourth-order valence-electron chi connectivity index (χ4n) is 2.23. The van der Waals surface area contributed by atoms with Crippen molar-refractivity contribution in [3.63, 3.8) is 0 Å². The largest absolute Gasteiger partial charge is 0.378 e. The third-order valence-corrected chi connectivity index (χ3v) is 3.22. The molecule has 3 nitrogen and oxygen atoms in total. The van der Waals surface area contributed by atoms with E-state index in [-0.39, 0.29) is 0 Å². The van der Waals surface area contributed by atoms with Crippen LogP contribution in [0.4, 0.5) is 5.82 Å². The van der Waals surface area contributed by atoms with E-state index in [1.54, 1.807) is 0 Å². The molecule has 0 saturated carbocycles. The van der Waals surface area contributed by atoms with Gasteiger partial charge in [-0.25, -0.2) is 4.98 Å². The normalized spacial score (nSPS) is 15.9. The number of pyridine rings is 1. The van der Waals surface area contributed by atoms with Crippen molar-refractivity contribution in [1.29, 1.82) is 0 Å². The van der Waals surface area contributed by atoms with Crippen LogP contribution in [-0.4, -0.2) is 30.8 Å². The van der Waals surface area contributed by atoms with Gasteiger partial charge in [0.1, 0.15) is 5.82 Å². The summed E-state index contributed by atoms with van der Waals surface area (Å²) in [4.78, 5) is 6.80. The van der Waals surface area contributed by atoms with Crippen LogP contribution in [0.5, 0.6) is 0 Å². The lowest BCUT2D eigenvalue weighted by Gasteiger charge is -2.32. The number of piperidine rings is 1. The molecule has 2 heterocycles. The van der Waals surface area contributed by atoms with Gasteiger partial charge in [-0.3, -0.25) is 0 Å². The molecule has 0 atom stereocenters. The van der Waals surface area contributed by atoms with Crippen LogP contribution >= 0.6 is 0 Å². The Morgan fingerprint density at radius 1 is 1.32 bits per heavy atom. The molecule has 0 bridgehead atoms. The lowest BCUT2D eigenvalue weighted by atomic mass is 10.1. The standard InChI is InChI=1S/C14H22N2O.C2H6/c1-3-10-17-13-5-8-16(9-6-13)14-11-12(2)4-7-15-14;1-2/h4,7,11,13H,3,5-6,8-10H2,1-2H3;1-2H3. The van der Waals surface area contributed by atoms with Crippen LogP contribution in [0.3, 0.4) is 0 Å². The maximum Gasteiger partial charge on any atom is 0.128 e. The van der Waals surface area contributed by atoms with Gasteiger partial charge < -0.3 is 9.64 Å². The highest BCUT2D eigenvalue weighted by Crippen LogP contribution is 2.20. The zero-order valence-corrected chi connectivity index (χ0v) is 12.9. The number of hydrogen-bond acceptors (Lipinski definition) is 3. The molecule has 0 aromatic carbocycles. The van der Waals surface area contributed by atoms with E-state index < -0.39 is 0 Å². The fourth-order valence-corrected chi connectivity index (χ4v) is 2.23. The first-order valence-electron chi connectivity index (χ1n) is 7.59. The molecular weight excluding hydrogens is 236 g/mol. The monoisotopic (exact) mass is 264 g/mol. The Kier molecular flexibility index (Phi) is 7.49. The minimum Gasteiger partial charge on any atom is -0.378 e. The van der Waals surface area contributed by atoms with Gasteiger partial charge in [0.2, 0.25) is 0 Å². The van der Waals surface area contributed by atoms with Crippen LogP contribution in [-0.2, 0) is 4.74 Å². The first-order chi connectivity index (χ1) is 9.29. The van der Waals surface area contributed by atoms with E-state index in [4.69, 9.17) is 4.74 Å². The van der Waals surface area contributed by atoms with Gasteiger partial charge in [0, 0.05) is 25.9 Å². The Bertz CT molecular complexity index is 346. The maximum atomic E-state index is 5.79. The van der Waals surface area contributed by atoms with Crippen molar-refractivity contribution < 1.29 is 4.74 Å². The van der Waals surface area contributed by atoms with E-state index in [0.29, 0.717) is 6.10 Å². The number of hydrogen-bond donors (Lipinski definition) is 0. The first kappa shape index (κ1) is 16.0. The summed E-state index contributed by atoms with van der Waals surface area (Å²) >= 11 is 0. The Hall–Kier alpha value is -1.09. The second kappa shape index (κ2) is 8.92. The molecule has 0 amide bonds. The van der Waals surface area contributed by atoms with Gasteiger partial charge in [-0.1, -0.05) is 20.8 Å². The molecule has 0 spiro atoms. The third-order valence-electron chi connectivity index (χ3n) is 3.22. The van der Waals surface area contributed by atoms with Crippen LogP contribution < -0.4 is 4.90 Å². The molecular formula is C16H28N2O. The van der Waals surface area contributed by atoms with Gasteiger partial charge >= 0.3 is 0 Å². The fraction of sp³-hybridized carbons (Fsp3) is 0.688. The third kappa shape index (κ3) is 5.19. The number of ether oxygens (including phenoxy) is 1. The molecule has 3 heteroatoms. The summed E-state index contributed by atoms with van der Waals surface area (Å²) in [5.74, 6) is 1.11. The van der Waals surface area contributed by atoms with Gasteiger partial charge in [-0.05, 0) is 43.9 Å². The molecule has 1 saturated heterocycles. The van der Waals surface area contributed by atoms with Crippen molar-refractivity contribution in [2.45, 2.75) is 53.1 Å². The molecule has 0 radical (unpaired) electrons. The van der Waals surface area contributed by atoms with E-state index in [1.165, 1.54) is 5.56 Å². The van der Waals surface area contributed by atoms with E-state index in [2.05, 4.69) is 29.8 Å². The van der Waals surface area contributed by atoms with Gasteiger partial charge in [0.25, 0.3) is 0 Å². The Morgan fingerprint density at radius 3 is 2.58 bits per heavy atom. The second-order valence-corrected chi connectivity index (χ2v) is 4.75. The average Bonchev–Trinajstić information content (AvgIpc) is 2.48. The van der Waals surface area contributed by atoms with Gasteiger partial charge in [-0.15, -0.1) is 0 Å². The lowest BCUT2D eigenvalue weighted by Crippen LogP contribution is -2.37. The Morgan fingerprint density at radius 2 is 2.00 bits per heavy atom. The van der Waals surface area contributed by atoms with Crippen LogP contribution in [0.2, 0.25) is 0 Å². The number of anilines is 1. The summed E-state index contributed by atoms with van der Waals surface area (Å²) in [6, 6.07) is 4.20. The van der Waals surface area contributed by atoms with Crippen molar-refractivity contribution in [3.8, 4) is 0 Å². The lowest BCUT2D eigenvalue weighted by molar-refractivity contribution is 0.0374. The molecule has 1 aliphatic rings. The van der Waals surface area contributed by atoms with Crippen molar-refractivity contribution in [1.82, 2.24) is 4.98 Å². The predicted octanol–water partition coefficient (Wildman–Crippen LogP) is 3.81.